The number of carbonyl (C=O) groups is 1. The Bertz CT molecular complexity index is 672. The van der Waals surface area contributed by atoms with Crippen LogP contribution in [-0.4, -0.2) is 12.5 Å². The van der Waals surface area contributed by atoms with Crippen molar-refractivity contribution < 1.29 is 4.79 Å². The Kier molecular flexibility index (Phi) is 5.80. The number of benzene rings is 2. The quantitative estimate of drug-likeness (QED) is 0.817. The van der Waals surface area contributed by atoms with E-state index in [1.165, 1.54) is 16.7 Å². The van der Waals surface area contributed by atoms with E-state index in [1.54, 1.807) is 0 Å². The van der Waals surface area contributed by atoms with Gasteiger partial charge in [0.25, 0.3) is 0 Å². The molecule has 0 fully saturated rings. The summed E-state index contributed by atoms with van der Waals surface area (Å²) in [5, 5.41) is 6.39. The largest absolute Gasteiger partial charge is 0.385 e. The molecule has 2 N–H and O–H groups in total. The Morgan fingerprint density at radius 1 is 1.04 bits per heavy atom. The van der Waals surface area contributed by atoms with Crippen molar-refractivity contribution in [3.05, 3.63) is 58.7 Å². The third-order valence-corrected chi connectivity index (χ3v) is 3.91. The molecule has 0 atom stereocenters. The maximum absolute atomic E-state index is 12.2. The van der Waals surface area contributed by atoms with Crippen LogP contribution in [-0.2, 0) is 11.2 Å². The number of anilines is 2. The van der Waals surface area contributed by atoms with E-state index in [-0.39, 0.29) is 5.91 Å². The van der Waals surface area contributed by atoms with Gasteiger partial charge in [-0.1, -0.05) is 31.2 Å². The molecule has 0 aliphatic carbocycles. The highest BCUT2D eigenvalue weighted by Gasteiger charge is 2.08. The van der Waals surface area contributed by atoms with Gasteiger partial charge in [-0.3, -0.25) is 4.79 Å². The minimum Gasteiger partial charge on any atom is -0.385 e. The average Bonchev–Trinajstić information content (AvgIpc) is 2.48. The van der Waals surface area contributed by atoms with Gasteiger partial charge in [0.05, 0.1) is 0 Å². The second-order valence-corrected chi connectivity index (χ2v) is 6.06. The Balaban J connectivity index is 1.91. The summed E-state index contributed by atoms with van der Waals surface area (Å²) in [6.07, 6.45) is 1.36. The van der Waals surface area contributed by atoms with Crippen molar-refractivity contribution in [1.29, 1.82) is 0 Å². The average molecular weight is 310 g/mol. The summed E-state index contributed by atoms with van der Waals surface area (Å²) in [6, 6.07) is 12.5. The highest BCUT2D eigenvalue weighted by molar-refractivity contribution is 5.92. The molecule has 0 unspecified atom stereocenters. The lowest BCUT2D eigenvalue weighted by Gasteiger charge is -2.13. The molecule has 23 heavy (non-hydrogen) atoms. The zero-order valence-corrected chi connectivity index (χ0v) is 14.5. The lowest BCUT2D eigenvalue weighted by Crippen LogP contribution is -2.17. The second kappa shape index (κ2) is 7.82. The van der Waals surface area contributed by atoms with Gasteiger partial charge in [0, 0.05) is 24.3 Å². The van der Waals surface area contributed by atoms with Gasteiger partial charge in [-0.25, -0.2) is 0 Å². The summed E-state index contributed by atoms with van der Waals surface area (Å²) in [5.41, 5.74) is 6.78. The number of hydrogen-bond acceptors (Lipinski definition) is 2. The van der Waals surface area contributed by atoms with Crippen molar-refractivity contribution in [2.75, 3.05) is 17.2 Å². The van der Waals surface area contributed by atoms with Gasteiger partial charge >= 0.3 is 0 Å². The topological polar surface area (TPSA) is 41.1 Å². The normalized spacial score (nSPS) is 10.4. The number of rotatable bonds is 6. The fourth-order valence-electron chi connectivity index (χ4n) is 2.80. The lowest BCUT2D eigenvalue weighted by molar-refractivity contribution is -0.115. The van der Waals surface area contributed by atoms with Crippen molar-refractivity contribution in [3.8, 4) is 0 Å². The monoisotopic (exact) mass is 310 g/mol. The summed E-state index contributed by atoms with van der Waals surface area (Å²) in [4.78, 5) is 12.2. The van der Waals surface area contributed by atoms with E-state index in [4.69, 9.17) is 0 Å². The number of amides is 1. The summed E-state index contributed by atoms with van der Waals surface area (Å²) in [7, 11) is 0. The molecule has 0 radical (unpaired) electrons. The van der Waals surface area contributed by atoms with Crippen LogP contribution < -0.4 is 10.6 Å². The number of aryl methyl sites for hydroxylation is 4. The van der Waals surface area contributed by atoms with E-state index >= 15 is 0 Å². The van der Waals surface area contributed by atoms with Crippen LogP contribution in [0.3, 0.4) is 0 Å². The summed E-state index contributed by atoms with van der Waals surface area (Å²) < 4.78 is 0. The maximum Gasteiger partial charge on any atom is 0.226 e. The van der Waals surface area contributed by atoms with E-state index < -0.39 is 0 Å². The first-order valence-electron chi connectivity index (χ1n) is 8.20. The first-order chi connectivity index (χ1) is 11.0. The summed E-state index contributed by atoms with van der Waals surface area (Å²) >= 11 is 0. The van der Waals surface area contributed by atoms with Gasteiger partial charge < -0.3 is 10.6 Å². The SMILES string of the molecule is CCc1cccc(C)c1NC(=O)CCNc1cc(C)cc(C)c1. The highest BCUT2D eigenvalue weighted by atomic mass is 16.1. The van der Waals surface area contributed by atoms with Gasteiger partial charge in [0.1, 0.15) is 0 Å². The predicted octanol–water partition coefficient (Wildman–Crippen LogP) is 4.61. The molecular formula is C20H26N2O. The first kappa shape index (κ1) is 17.1. The number of nitrogens with one attached hydrogen (secondary N) is 2. The van der Waals surface area contributed by atoms with Crippen LogP contribution in [0.2, 0.25) is 0 Å². The third kappa shape index (κ3) is 4.85. The number of carbonyl (C=O) groups excluding carboxylic acids is 1. The van der Waals surface area contributed by atoms with Crippen LogP contribution in [0.1, 0.15) is 35.6 Å². The van der Waals surface area contributed by atoms with Gasteiger partial charge in [0.2, 0.25) is 5.91 Å². The van der Waals surface area contributed by atoms with Crippen LogP contribution in [0.5, 0.6) is 0 Å². The second-order valence-electron chi connectivity index (χ2n) is 6.06. The molecule has 0 bridgehead atoms. The predicted molar refractivity (Wildman–Crippen MR) is 98.2 cm³/mol. The van der Waals surface area contributed by atoms with Crippen LogP contribution >= 0.6 is 0 Å². The minimum absolute atomic E-state index is 0.0471. The van der Waals surface area contributed by atoms with E-state index in [2.05, 4.69) is 55.7 Å². The maximum atomic E-state index is 12.2. The van der Waals surface area contributed by atoms with Crippen LogP contribution in [0.4, 0.5) is 11.4 Å². The van der Waals surface area contributed by atoms with E-state index in [0.29, 0.717) is 13.0 Å². The molecule has 2 rings (SSSR count). The van der Waals surface area contributed by atoms with Crippen molar-refractivity contribution in [2.24, 2.45) is 0 Å². The molecule has 0 aromatic heterocycles. The minimum atomic E-state index is 0.0471. The Labute approximate surface area is 139 Å². The smallest absolute Gasteiger partial charge is 0.226 e. The van der Waals surface area contributed by atoms with Crippen LogP contribution in [0.15, 0.2) is 36.4 Å². The lowest BCUT2D eigenvalue weighted by atomic mass is 10.1. The molecule has 2 aromatic rings. The molecule has 0 aliphatic heterocycles. The molecule has 0 heterocycles. The Morgan fingerprint density at radius 3 is 2.39 bits per heavy atom. The molecule has 0 spiro atoms. The van der Waals surface area contributed by atoms with E-state index in [0.717, 1.165) is 23.4 Å². The standard InChI is InChI=1S/C20H26N2O/c1-5-17-8-6-7-16(4)20(17)22-19(23)9-10-21-18-12-14(2)11-15(3)13-18/h6-8,11-13,21H,5,9-10H2,1-4H3,(H,22,23). The van der Waals surface area contributed by atoms with Crippen molar-refractivity contribution in [3.63, 3.8) is 0 Å². The third-order valence-electron chi connectivity index (χ3n) is 3.91. The van der Waals surface area contributed by atoms with Gasteiger partial charge in [-0.15, -0.1) is 0 Å². The van der Waals surface area contributed by atoms with E-state index in [1.807, 2.05) is 19.1 Å². The molecule has 2 aromatic carbocycles. The summed E-state index contributed by atoms with van der Waals surface area (Å²) in [6.45, 7) is 8.92. The first-order valence-corrected chi connectivity index (χ1v) is 8.20. The summed E-state index contributed by atoms with van der Waals surface area (Å²) in [5.74, 6) is 0.0471. The molecular weight excluding hydrogens is 284 g/mol. The zero-order chi connectivity index (χ0) is 16.8. The molecule has 3 nitrogen and oxygen atoms in total. The number of para-hydroxylation sites is 1. The molecule has 0 saturated heterocycles. The van der Waals surface area contributed by atoms with Crippen LogP contribution in [0, 0.1) is 20.8 Å². The molecule has 1 amide bonds. The van der Waals surface area contributed by atoms with Gasteiger partial charge in [0.15, 0.2) is 0 Å². The van der Waals surface area contributed by atoms with Crippen molar-refractivity contribution in [1.82, 2.24) is 0 Å². The Morgan fingerprint density at radius 2 is 1.74 bits per heavy atom. The van der Waals surface area contributed by atoms with Gasteiger partial charge in [-0.2, -0.15) is 0 Å². The molecule has 122 valence electrons. The van der Waals surface area contributed by atoms with E-state index in [9.17, 15) is 4.79 Å². The Hall–Kier alpha value is -2.29. The highest BCUT2D eigenvalue weighted by Crippen LogP contribution is 2.21. The zero-order valence-electron chi connectivity index (χ0n) is 14.5. The fraction of sp³-hybridized carbons (Fsp3) is 0.350. The van der Waals surface area contributed by atoms with Crippen molar-refractivity contribution in [2.45, 2.75) is 40.5 Å². The van der Waals surface area contributed by atoms with Crippen LogP contribution in [0.25, 0.3) is 0 Å². The molecule has 0 aliphatic rings. The molecule has 3 heteroatoms. The van der Waals surface area contributed by atoms with Crippen molar-refractivity contribution >= 4 is 17.3 Å². The fourth-order valence-corrected chi connectivity index (χ4v) is 2.80. The number of hydrogen-bond donors (Lipinski definition) is 2. The molecule has 0 saturated carbocycles. The van der Waals surface area contributed by atoms with Gasteiger partial charge in [-0.05, 0) is 61.6 Å².